The van der Waals surface area contributed by atoms with E-state index in [1.54, 1.807) is 0 Å². The summed E-state index contributed by atoms with van der Waals surface area (Å²) >= 11 is 0. The zero-order valence-corrected chi connectivity index (χ0v) is 9.65. The molecule has 0 bridgehead atoms. The zero-order valence-electron chi connectivity index (χ0n) is 9.65. The molecule has 3 aliphatic heterocycles. The van der Waals surface area contributed by atoms with Crippen molar-refractivity contribution in [2.75, 3.05) is 26.2 Å². The Morgan fingerprint density at radius 1 is 1.06 bits per heavy atom. The molecule has 0 aromatic heterocycles. The fraction of sp³-hybridized carbons (Fsp3) is 0.833. The minimum absolute atomic E-state index is 0.356. The normalized spacial score (nSPS) is 29.9. The van der Waals surface area contributed by atoms with Gasteiger partial charge in [-0.15, -0.1) is 0 Å². The highest BCUT2D eigenvalue weighted by atomic mass is 16.1. The summed E-state index contributed by atoms with van der Waals surface area (Å²) < 4.78 is 0. The number of hydrogen-bond acceptors (Lipinski definition) is 3. The first-order valence-corrected chi connectivity index (χ1v) is 6.19. The third kappa shape index (κ3) is 2.89. The second-order valence-electron chi connectivity index (χ2n) is 4.62. The summed E-state index contributed by atoms with van der Waals surface area (Å²) in [5.74, 6) is 0.850. The summed E-state index contributed by atoms with van der Waals surface area (Å²) in [5.41, 5.74) is 0. The molecule has 3 heterocycles. The van der Waals surface area contributed by atoms with Crippen LogP contribution in [0.5, 0.6) is 0 Å². The number of rotatable bonds is 0. The Hall–Kier alpha value is -0.740. The van der Waals surface area contributed by atoms with Gasteiger partial charge < -0.3 is 0 Å². The van der Waals surface area contributed by atoms with Crippen molar-refractivity contribution < 1.29 is 9.59 Å². The maximum absolute atomic E-state index is 10.8. The minimum atomic E-state index is 0.356. The van der Waals surface area contributed by atoms with Crippen LogP contribution in [0.2, 0.25) is 0 Å². The lowest BCUT2D eigenvalue weighted by molar-refractivity contribution is -0.120. The standard InChI is InChI=1S/C6H9NO.C6H10NO/c8-6-2-4-7-3-1-5(6)7;8-6-2-1-4-7-5-3-6/h5H,1-4H2;1-5H2/q+1;. The highest BCUT2D eigenvalue weighted by molar-refractivity contribution is 5.87. The average molecular weight is 223 g/mol. The highest BCUT2D eigenvalue weighted by Gasteiger charge is 2.48. The Morgan fingerprint density at radius 3 is 2.50 bits per heavy atom. The van der Waals surface area contributed by atoms with Crippen LogP contribution in [-0.2, 0) is 9.59 Å². The molecule has 16 heavy (non-hydrogen) atoms. The molecule has 0 aromatic carbocycles. The van der Waals surface area contributed by atoms with Gasteiger partial charge in [0, 0.05) is 25.9 Å². The molecule has 3 fully saturated rings. The number of fused-ring (bicyclic) bond motifs is 1. The van der Waals surface area contributed by atoms with E-state index in [1.807, 2.05) is 0 Å². The van der Waals surface area contributed by atoms with Gasteiger partial charge in [0.05, 0.1) is 12.8 Å². The summed E-state index contributed by atoms with van der Waals surface area (Å²) in [6.07, 6.45) is 4.34. The van der Waals surface area contributed by atoms with E-state index in [4.69, 9.17) is 0 Å². The van der Waals surface area contributed by atoms with Crippen LogP contribution in [0.15, 0.2) is 0 Å². The molecule has 1 unspecified atom stereocenters. The molecule has 1 atom stereocenters. The summed E-state index contributed by atoms with van der Waals surface area (Å²) in [4.78, 5) is 23.7. The molecular formula is C12H19N2O2+. The van der Waals surface area contributed by atoms with E-state index in [1.165, 1.54) is 0 Å². The van der Waals surface area contributed by atoms with Crippen molar-refractivity contribution in [1.29, 1.82) is 0 Å². The molecule has 0 saturated carbocycles. The van der Waals surface area contributed by atoms with Crippen molar-refractivity contribution in [3.8, 4) is 0 Å². The number of ketones is 2. The van der Waals surface area contributed by atoms with Crippen LogP contribution in [-0.4, -0.2) is 43.8 Å². The molecule has 3 saturated heterocycles. The lowest BCUT2D eigenvalue weighted by Gasteiger charge is -2.20. The van der Waals surface area contributed by atoms with E-state index in [0.717, 1.165) is 51.9 Å². The number of carbonyl (C=O) groups excluding carboxylic acids is 2. The quantitative estimate of drug-likeness (QED) is 0.551. The Balaban J connectivity index is 0.000000120. The van der Waals surface area contributed by atoms with Crippen LogP contribution in [0.1, 0.15) is 32.1 Å². The molecule has 0 amide bonds. The first-order valence-electron chi connectivity index (χ1n) is 6.19. The van der Waals surface area contributed by atoms with Crippen LogP contribution in [0.4, 0.5) is 0 Å². The fourth-order valence-corrected chi connectivity index (χ4v) is 2.32. The van der Waals surface area contributed by atoms with Crippen molar-refractivity contribution in [1.82, 2.24) is 10.2 Å². The monoisotopic (exact) mass is 223 g/mol. The first-order chi connectivity index (χ1) is 7.77. The van der Waals surface area contributed by atoms with E-state index >= 15 is 0 Å². The Bertz CT molecular complexity index is 268. The van der Waals surface area contributed by atoms with Gasteiger partial charge in [-0.1, -0.05) is 0 Å². The maximum Gasteiger partial charge on any atom is 0.200 e. The van der Waals surface area contributed by atoms with Crippen LogP contribution in [0, 0.1) is 0 Å². The predicted octanol–water partition coefficient (Wildman–Crippen LogP) is 0.215. The Morgan fingerprint density at radius 2 is 1.94 bits per heavy atom. The van der Waals surface area contributed by atoms with Gasteiger partial charge in [0.2, 0.25) is 5.78 Å². The molecule has 3 aliphatic rings. The smallest absolute Gasteiger partial charge is 0.200 e. The summed E-state index contributed by atoms with van der Waals surface area (Å²) in [6, 6.07) is 0.356. The van der Waals surface area contributed by atoms with E-state index in [-0.39, 0.29) is 0 Å². The second kappa shape index (κ2) is 5.55. The number of carbonyl (C=O) groups is 2. The second-order valence-corrected chi connectivity index (χ2v) is 4.62. The topological polar surface area (TPSA) is 54.1 Å². The van der Waals surface area contributed by atoms with E-state index < -0.39 is 0 Å². The molecule has 0 N–H and O–H groups in total. The van der Waals surface area contributed by atoms with E-state index in [0.29, 0.717) is 24.0 Å². The predicted molar refractivity (Wildman–Crippen MR) is 60.6 cm³/mol. The van der Waals surface area contributed by atoms with Gasteiger partial charge in [-0.05, 0) is 6.42 Å². The van der Waals surface area contributed by atoms with Gasteiger partial charge in [0.1, 0.15) is 18.9 Å². The van der Waals surface area contributed by atoms with Crippen molar-refractivity contribution in [3.05, 3.63) is 0 Å². The minimum Gasteiger partial charge on any atom is -0.300 e. The fourth-order valence-electron chi connectivity index (χ4n) is 2.32. The van der Waals surface area contributed by atoms with Crippen molar-refractivity contribution in [3.63, 3.8) is 0 Å². The Kier molecular flexibility index (Phi) is 4.07. The molecular weight excluding hydrogens is 204 g/mol. The van der Waals surface area contributed by atoms with Gasteiger partial charge in [0.25, 0.3) is 0 Å². The summed E-state index contributed by atoms with van der Waals surface area (Å²) in [7, 11) is 0. The van der Waals surface area contributed by atoms with E-state index in [2.05, 4.69) is 10.2 Å². The third-order valence-electron chi connectivity index (χ3n) is 3.47. The molecule has 0 spiro atoms. The van der Waals surface area contributed by atoms with E-state index in [9.17, 15) is 9.59 Å². The summed E-state index contributed by atoms with van der Waals surface area (Å²) in [5, 5.41) is 4.10. The summed E-state index contributed by atoms with van der Waals surface area (Å²) in [6.45, 7) is 3.85. The van der Waals surface area contributed by atoms with Crippen molar-refractivity contribution in [2.24, 2.45) is 0 Å². The van der Waals surface area contributed by atoms with Crippen LogP contribution >= 0.6 is 0 Å². The van der Waals surface area contributed by atoms with Gasteiger partial charge in [-0.3, -0.25) is 9.59 Å². The maximum atomic E-state index is 10.8. The first kappa shape index (κ1) is 11.7. The average Bonchev–Trinajstić information content (AvgIpc) is 2.44. The molecule has 2 radical (unpaired) electrons. The zero-order chi connectivity index (χ0) is 11.4. The SMILES string of the molecule is O=C1CCC[N]CC1.O=C1CC[N+]2CCC12. The number of Topliss-reactive ketones (excluding diaryl/α,β-unsaturated/α-hetero) is 2. The largest absolute Gasteiger partial charge is 0.300 e. The lowest BCUT2D eigenvalue weighted by Crippen LogP contribution is -2.50. The lowest BCUT2D eigenvalue weighted by atomic mass is 10.0. The molecule has 0 aromatic rings. The van der Waals surface area contributed by atoms with Gasteiger partial charge >= 0.3 is 0 Å². The van der Waals surface area contributed by atoms with Gasteiger partial charge in [0.15, 0.2) is 6.04 Å². The van der Waals surface area contributed by atoms with Crippen LogP contribution < -0.4 is 10.2 Å². The number of nitrogens with zero attached hydrogens (tertiary/aromatic N) is 2. The van der Waals surface area contributed by atoms with Crippen molar-refractivity contribution >= 4 is 11.6 Å². The molecule has 0 aliphatic carbocycles. The van der Waals surface area contributed by atoms with Crippen molar-refractivity contribution in [2.45, 2.75) is 38.1 Å². The Labute approximate surface area is 96.4 Å². The third-order valence-corrected chi connectivity index (χ3v) is 3.47. The molecule has 88 valence electrons. The molecule has 4 nitrogen and oxygen atoms in total. The van der Waals surface area contributed by atoms with Crippen LogP contribution in [0.3, 0.4) is 0 Å². The van der Waals surface area contributed by atoms with Crippen LogP contribution in [0.25, 0.3) is 0 Å². The molecule has 4 heteroatoms. The molecule has 3 rings (SSSR count). The van der Waals surface area contributed by atoms with Gasteiger partial charge in [-0.2, -0.15) is 4.90 Å². The van der Waals surface area contributed by atoms with Gasteiger partial charge in [-0.25, -0.2) is 5.32 Å². The highest BCUT2D eigenvalue weighted by Crippen LogP contribution is 2.21. The number of hydrogen-bond donors (Lipinski definition) is 0.